The maximum Gasteiger partial charge on any atom is 0.411 e. The third-order valence-corrected chi connectivity index (χ3v) is 3.02. The molecule has 1 amide bonds. The van der Waals surface area contributed by atoms with E-state index in [-0.39, 0.29) is 24.2 Å². The number of hydrogen-bond donors (Lipinski definition) is 0. The normalized spacial score (nSPS) is 17.2. The molecule has 1 atom stereocenters. The first-order chi connectivity index (χ1) is 10.8. The highest BCUT2D eigenvalue weighted by molar-refractivity contribution is 5.69. The van der Waals surface area contributed by atoms with Crippen molar-refractivity contribution in [3.63, 3.8) is 0 Å². The first kappa shape index (κ1) is 16.7. The minimum Gasteiger partial charge on any atom is -0.483 e. The zero-order chi connectivity index (χ0) is 17.0. The summed E-state index contributed by atoms with van der Waals surface area (Å²) in [6.07, 6.45) is 4.52. The van der Waals surface area contributed by atoms with Crippen LogP contribution in [0.5, 0.6) is 5.75 Å². The van der Waals surface area contributed by atoms with Gasteiger partial charge in [-0.1, -0.05) is 12.2 Å². The van der Waals surface area contributed by atoms with Crippen LogP contribution < -0.4 is 4.74 Å². The Labute approximate surface area is 133 Å². The lowest BCUT2D eigenvalue weighted by Gasteiger charge is -2.28. The topological polar surface area (TPSA) is 94.8 Å². The maximum absolute atomic E-state index is 12.1. The van der Waals surface area contributed by atoms with Gasteiger partial charge in [-0.2, -0.15) is 0 Å². The molecule has 23 heavy (non-hydrogen) atoms. The summed E-state index contributed by atoms with van der Waals surface area (Å²) in [5.41, 5.74) is -0.590. The Bertz CT molecular complexity index is 624. The fourth-order valence-electron chi connectivity index (χ4n) is 2.05. The van der Waals surface area contributed by atoms with Crippen molar-refractivity contribution in [2.75, 3.05) is 13.2 Å². The van der Waals surface area contributed by atoms with Crippen LogP contribution in [0.4, 0.5) is 10.6 Å². The van der Waals surface area contributed by atoms with Crippen LogP contribution >= 0.6 is 0 Å². The van der Waals surface area contributed by atoms with Gasteiger partial charge >= 0.3 is 11.9 Å². The zero-order valence-corrected chi connectivity index (χ0v) is 13.3. The standard InChI is InChI=1S/C15H19N3O5/c1-15(2,3)23-14(19)17-9-5-6-11(17)10-22-12-7-4-8-16-13(12)18(20)21/h4-8,11H,9-10H2,1-3H3/t11-/m1/s1. The van der Waals surface area contributed by atoms with Crippen molar-refractivity contribution in [3.05, 3.63) is 40.6 Å². The van der Waals surface area contributed by atoms with E-state index in [0.29, 0.717) is 6.54 Å². The second-order valence-electron chi connectivity index (χ2n) is 6.02. The van der Waals surface area contributed by atoms with Crippen molar-refractivity contribution in [1.82, 2.24) is 9.88 Å². The van der Waals surface area contributed by atoms with Crippen LogP contribution in [0.3, 0.4) is 0 Å². The molecule has 1 aliphatic heterocycles. The molecule has 0 radical (unpaired) electrons. The second-order valence-corrected chi connectivity index (χ2v) is 6.02. The average molecular weight is 321 g/mol. The van der Waals surface area contributed by atoms with E-state index in [0.717, 1.165) is 0 Å². The summed E-state index contributed by atoms with van der Waals surface area (Å²) in [5.74, 6) is -0.278. The number of aromatic nitrogens is 1. The van der Waals surface area contributed by atoms with Gasteiger partial charge in [-0.15, -0.1) is 0 Å². The Hall–Kier alpha value is -2.64. The summed E-state index contributed by atoms with van der Waals surface area (Å²) in [6, 6.07) is 2.68. The molecule has 124 valence electrons. The van der Waals surface area contributed by atoms with Crippen LogP contribution in [0.1, 0.15) is 20.8 Å². The Kier molecular flexibility index (Phi) is 4.83. The molecule has 1 aliphatic rings. The predicted octanol–water partition coefficient (Wildman–Crippen LogP) is 2.54. The first-order valence-corrected chi connectivity index (χ1v) is 7.16. The molecule has 2 rings (SSSR count). The molecule has 8 nitrogen and oxygen atoms in total. The van der Waals surface area contributed by atoms with E-state index < -0.39 is 16.6 Å². The summed E-state index contributed by atoms with van der Waals surface area (Å²) in [5, 5.41) is 10.9. The van der Waals surface area contributed by atoms with Crippen LogP contribution in [0.15, 0.2) is 30.5 Å². The van der Waals surface area contributed by atoms with Gasteiger partial charge < -0.3 is 19.6 Å². The predicted molar refractivity (Wildman–Crippen MR) is 82.3 cm³/mol. The third-order valence-electron chi connectivity index (χ3n) is 3.02. The molecule has 8 heteroatoms. The highest BCUT2D eigenvalue weighted by Crippen LogP contribution is 2.24. The molecular formula is C15H19N3O5. The summed E-state index contributed by atoms with van der Waals surface area (Å²) in [7, 11) is 0. The van der Waals surface area contributed by atoms with E-state index in [9.17, 15) is 14.9 Å². The highest BCUT2D eigenvalue weighted by Gasteiger charge is 2.30. The molecule has 0 saturated carbocycles. The van der Waals surface area contributed by atoms with Crippen molar-refractivity contribution < 1.29 is 19.2 Å². The highest BCUT2D eigenvalue weighted by atomic mass is 16.6. The van der Waals surface area contributed by atoms with Crippen LogP contribution in [-0.4, -0.2) is 45.7 Å². The van der Waals surface area contributed by atoms with E-state index >= 15 is 0 Å². The number of hydrogen-bond acceptors (Lipinski definition) is 6. The molecule has 0 spiro atoms. The molecule has 0 unspecified atom stereocenters. The lowest BCUT2D eigenvalue weighted by atomic mass is 10.2. The van der Waals surface area contributed by atoms with E-state index in [4.69, 9.17) is 9.47 Å². The van der Waals surface area contributed by atoms with Gasteiger partial charge in [-0.05, 0) is 42.8 Å². The summed E-state index contributed by atoms with van der Waals surface area (Å²) in [6.45, 7) is 5.87. The monoisotopic (exact) mass is 321 g/mol. The smallest absolute Gasteiger partial charge is 0.411 e. The number of amides is 1. The fraction of sp³-hybridized carbons (Fsp3) is 0.467. The number of pyridine rings is 1. The molecule has 0 N–H and O–H groups in total. The van der Waals surface area contributed by atoms with Crippen molar-refractivity contribution in [3.8, 4) is 5.75 Å². The van der Waals surface area contributed by atoms with E-state index in [2.05, 4.69) is 4.98 Å². The Morgan fingerprint density at radius 1 is 1.52 bits per heavy atom. The number of ether oxygens (including phenoxy) is 2. The first-order valence-electron chi connectivity index (χ1n) is 7.16. The minimum absolute atomic E-state index is 0.0712. The van der Waals surface area contributed by atoms with Crippen molar-refractivity contribution >= 4 is 11.9 Å². The number of carbonyl (C=O) groups is 1. The molecule has 0 fully saturated rings. The molecular weight excluding hydrogens is 302 g/mol. The average Bonchev–Trinajstić information content (AvgIpc) is 2.92. The molecule has 1 aromatic rings. The molecule has 2 heterocycles. The van der Waals surface area contributed by atoms with Crippen molar-refractivity contribution in [2.24, 2.45) is 0 Å². The Morgan fingerprint density at radius 3 is 2.91 bits per heavy atom. The molecule has 0 aliphatic carbocycles. The van der Waals surface area contributed by atoms with E-state index in [1.807, 2.05) is 12.2 Å². The van der Waals surface area contributed by atoms with Gasteiger partial charge in [0.1, 0.15) is 18.4 Å². The van der Waals surface area contributed by atoms with Crippen LogP contribution in [-0.2, 0) is 4.74 Å². The second kappa shape index (κ2) is 6.64. The minimum atomic E-state index is -0.606. The van der Waals surface area contributed by atoms with Crippen LogP contribution in [0.25, 0.3) is 0 Å². The van der Waals surface area contributed by atoms with Crippen LogP contribution in [0, 0.1) is 10.1 Å². The summed E-state index contributed by atoms with van der Waals surface area (Å²) in [4.78, 5) is 27.6. The quantitative estimate of drug-likeness (QED) is 0.480. The molecule has 0 bridgehead atoms. The number of rotatable bonds is 4. The number of nitrogens with zero attached hydrogens (tertiary/aromatic N) is 3. The summed E-state index contributed by atoms with van der Waals surface area (Å²) >= 11 is 0. The van der Waals surface area contributed by atoms with Gasteiger partial charge in [0.05, 0.1) is 6.04 Å². The third kappa shape index (κ3) is 4.41. The number of nitro groups is 1. The van der Waals surface area contributed by atoms with Gasteiger partial charge in [-0.3, -0.25) is 4.90 Å². The summed E-state index contributed by atoms with van der Waals surface area (Å²) < 4.78 is 10.8. The fourth-order valence-corrected chi connectivity index (χ4v) is 2.05. The molecule has 0 aromatic carbocycles. The Morgan fingerprint density at radius 2 is 2.26 bits per heavy atom. The lowest BCUT2D eigenvalue weighted by molar-refractivity contribution is -0.390. The van der Waals surface area contributed by atoms with Crippen molar-refractivity contribution in [1.29, 1.82) is 0 Å². The van der Waals surface area contributed by atoms with Gasteiger partial charge in [0, 0.05) is 6.54 Å². The van der Waals surface area contributed by atoms with Gasteiger partial charge in [0.25, 0.3) is 0 Å². The largest absolute Gasteiger partial charge is 0.483 e. The van der Waals surface area contributed by atoms with E-state index in [1.54, 1.807) is 26.8 Å². The Balaban J connectivity index is 2.01. The van der Waals surface area contributed by atoms with E-state index in [1.165, 1.54) is 17.2 Å². The van der Waals surface area contributed by atoms with Crippen LogP contribution in [0.2, 0.25) is 0 Å². The molecule has 0 saturated heterocycles. The SMILES string of the molecule is CC(C)(C)OC(=O)N1CC=C[C@@H]1COc1cccnc1[N+](=O)[O-]. The van der Waals surface area contributed by atoms with Gasteiger partial charge in [0.15, 0.2) is 0 Å². The number of carbonyl (C=O) groups excluding carboxylic acids is 1. The molecule has 1 aromatic heterocycles. The lowest BCUT2D eigenvalue weighted by Crippen LogP contribution is -2.42. The maximum atomic E-state index is 12.1. The van der Waals surface area contributed by atoms with Gasteiger partial charge in [-0.25, -0.2) is 4.79 Å². The van der Waals surface area contributed by atoms with Gasteiger partial charge in [0.2, 0.25) is 5.75 Å². The zero-order valence-electron chi connectivity index (χ0n) is 13.3. The van der Waals surface area contributed by atoms with Crippen molar-refractivity contribution in [2.45, 2.75) is 32.4 Å².